The molecule has 184 valence electrons. The van der Waals surface area contributed by atoms with E-state index in [1.165, 1.54) is 28.8 Å². The topological polar surface area (TPSA) is 69.2 Å². The van der Waals surface area contributed by atoms with Gasteiger partial charge >= 0.3 is 0 Å². The molecule has 0 amide bonds. The maximum atomic E-state index is 4.64. The molecule has 1 aliphatic rings. The van der Waals surface area contributed by atoms with E-state index in [0.29, 0.717) is 0 Å². The standard InChI is InChI=1S/C26H39N7S/c1-32-26(19-24(31-32)25-5-2-18-34-25)30-20-22-6-8-23(9-7-22)21-33-16-4-12-28-14-13-27-10-3-11-29-15-17-33/h2,5-9,18-19,27-30H,3-4,10-17,20-21H2,1H3. The van der Waals surface area contributed by atoms with Crippen molar-refractivity contribution < 1.29 is 0 Å². The first-order chi connectivity index (χ1) is 16.8. The molecule has 3 heterocycles. The molecule has 0 atom stereocenters. The monoisotopic (exact) mass is 481 g/mol. The van der Waals surface area contributed by atoms with Crippen LogP contribution in [-0.2, 0) is 20.1 Å². The Labute approximate surface area is 207 Å². The van der Waals surface area contributed by atoms with E-state index in [4.69, 9.17) is 0 Å². The van der Waals surface area contributed by atoms with Crippen molar-refractivity contribution >= 4 is 17.2 Å². The number of aromatic nitrogens is 2. The van der Waals surface area contributed by atoms with Gasteiger partial charge in [-0.15, -0.1) is 11.3 Å². The van der Waals surface area contributed by atoms with Gasteiger partial charge in [-0.2, -0.15) is 5.10 Å². The van der Waals surface area contributed by atoms with Gasteiger partial charge in [0.1, 0.15) is 11.5 Å². The number of thiophene rings is 1. The van der Waals surface area contributed by atoms with Gasteiger partial charge in [0, 0.05) is 52.4 Å². The lowest BCUT2D eigenvalue weighted by Gasteiger charge is -2.23. The second kappa shape index (κ2) is 13.6. The summed E-state index contributed by atoms with van der Waals surface area (Å²) in [5, 5.41) is 20.9. The molecule has 0 unspecified atom stereocenters. The average molecular weight is 482 g/mol. The van der Waals surface area contributed by atoms with Gasteiger partial charge in [-0.05, 0) is 61.6 Å². The van der Waals surface area contributed by atoms with E-state index >= 15 is 0 Å². The summed E-state index contributed by atoms with van der Waals surface area (Å²) in [4.78, 5) is 3.78. The van der Waals surface area contributed by atoms with Crippen molar-refractivity contribution in [1.29, 1.82) is 0 Å². The molecule has 7 nitrogen and oxygen atoms in total. The molecule has 1 fully saturated rings. The second-order valence-electron chi connectivity index (χ2n) is 8.92. The van der Waals surface area contributed by atoms with Crippen LogP contribution in [0.4, 0.5) is 5.82 Å². The van der Waals surface area contributed by atoms with E-state index in [9.17, 15) is 0 Å². The zero-order valence-electron chi connectivity index (χ0n) is 20.4. The van der Waals surface area contributed by atoms with Crippen molar-refractivity contribution in [3.8, 4) is 10.6 Å². The van der Waals surface area contributed by atoms with Gasteiger partial charge in [0.15, 0.2) is 0 Å². The van der Waals surface area contributed by atoms with Crippen LogP contribution in [0.1, 0.15) is 24.0 Å². The first kappa shape index (κ1) is 24.9. The highest BCUT2D eigenvalue weighted by Crippen LogP contribution is 2.25. The molecule has 3 aromatic rings. The fraction of sp³-hybridized carbons (Fsp3) is 0.500. The molecule has 1 aromatic carbocycles. The number of hydrogen-bond donors (Lipinski definition) is 4. The van der Waals surface area contributed by atoms with Gasteiger partial charge in [0.25, 0.3) is 0 Å². The van der Waals surface area contributed by atoms with Crippen LogP contribution in [-0.4, -0.2) is 67.0 Å². The number of nitrogens with zero attached hydrogens (tertiary/aromatic N) is 3. The first-order valence-electron chi connectivity index (χ1n) is 12.5. The fourth-order valence-corrected chi connectivity index (χ4v) is 4.90. The Morgan fingerprint density at radius 2 is 1.62 bits per heavy atom. The summed E-state index contributed by atoms with van der Waals surface area (Å²) in [7, 11) is 1.99. The predicted molar refractivity (Wildman–Crippen MR) is 143 cm³/mol. The quantitative estimate of drug-likeness (QED) is 0.434. The zero-order valence-corrected chi connectivity index (χ0v) is 21.2. The van der Waals surface area contributed by atoms with E-state index in [1.54, 1.807) is 11.3 Å². The molecule has 34 heavy (non-hydrogen) atoms. The highest BCUT2D eigenvalue weighted by Gasteiger charge is 2.09. The molecule has 1 saturated heterocycles. The maximum Gasteiger partial charge on any atom is 0.124 e. The highest BCUT2D eigenvalue weighted by molar-refractivity contribution is 7.13. The van der Waals surface area contributed by atoms with Crippen LogP contribution >= 0.6 is 11.3 Å². The summed E-state index contributed by atoms with van der Waals surface area (Å²) < 4.78 is 1.92. The van der Waals surface area contributed by atoms with E-state index in [0.717, 1.165) is 77.0 Å². The smallest absolute Gasteiger partial charge is 0.124 e. The van der Waals surface area contributed by atoms with Gasteiger partial charge < -0.3 is 21.3 Å². The lowest BCUT2D eigenvalue weighted by atomic mass is 10.1. The minimum absolute atomic E-state index is 0.790. The lowest BCUT2D eigenvalue weighted by molar-refractivity contribution is 0.260. The van der Waals surface area contributed by atoms with Gasteiger partial charge in [-0.1, -0.05) is 30.3 Å². The van der Waals surface area contributed by atoms with Crippen LogP contribution in [0.3, 0.4) is 0 Å². The summed E-state index contributed by atoms with van der Waals surface area (Å²) >= 11 is 1.72. The van der Waals surface area contributed by atoms with Crippen LogP contribution < -0.4 is 21.3 Å². The third kappa shape index (κ3) is 7.92. The van der Waals surface area contributed by atoms with Gasteiger partial charge in [0.2, 0.25) is 0 Å². The molecule has 0 saturated carbocycles. The molecule has 0 bridgehead atoms. The van der Waals surface area contributed by atoms with Crippen molar-refractivity contribution in [3.63, 3.8) is 0 Å². The van der Waals surface area contributed by atoms with Crippen LogP contribution in [0, 0.1) is 0 Å². The number of aryl methyl sites for hydroxylation is 1. The van der Waals surface area contributed by atoms with Crippen LogP contribution in [0.15, 0.2) is 47.8 Å². The summed E-state index contributed by atoms with van der Waals surface area (Å²) in [6, 6.07) is 15.3. The van der Waals surface area contributed by atoms with E-state index in [-0.39, 0.29) is 0 Å². The molecule has 2 aromatic heterocycles. The summed E-state index contributed by atoms with van der Waals surface area (Å²) in [5.41, 5.74) is 3.68. The van der Waals surface area contributed by atoms with E-state index in [1.807, 2.05) is 11.7 Å². The molecular weight excluding hydrogens is 442 g/mol. The van der Waals surface area contributed by atoms with E-state index in [2.05, 4.69) is 79.1 Å². The number of hydrogen-bond acceptors (Lipinski definition) is 7. The zero-order chi connectivity index (χ0) is 23.4. The summed E-state index contributed by atoms with van der Waals surface area (Å²) in [6.07, 6.45) is 2.36. The first-order valence-corrected chi connectivity index (χ1v) is 13.4. The Bertz CT molecular complexity index is 938. The number of anilines is 1. The van der Waals surface area contributed by atoms with E-state index < -0.39 is 0 Å². The van der Waals surface area contributed by atoms with Crippen LogP contribution in [0.5, 0.6) is 0 Å². The molecule has 0 spiro atoms. The molecule has 0 radical (unpaired) electrons. The SMILES string of the molecule is Cn1nc(-c2cccs2)cc1NCc1ccc(CN2CCCNCCNCCCNCC2)cc1. The van der Waals surface area contributed by atoms with Crippen LogP contribution in [0.25, 0.3) is 10.6 Å². The highest BCUT2D eigenvalue weighted by atomic mass is 32.1. The minimum Gasteiger partial charge on any atom is -0.366 e. The summed E-state index contributed by atoms with van der Waals surface area (Å²) in [5.74, 6) is 1.04. The number of nitrogens with one attached hydrogen (secondary N) is 4. The van der Waals surface area contributed by atoms with Crippen molar-refractivity contribution in [2.75, 3.05) is 57.7 Å². The van der Waals surface area contributed by atoms with Gasteiger partial charge in [-0.3, -0.25) is 9.58 Å². The predicted octanol–water partition coefficient (Wildman–Crippen LogP) is 3.13. The Morgan fingerprint density at radius 1 is 0.882 bits per heavy atom. The third-order valence-electron chi connectivity index (χ3n) is 6.17. The number of benzene rings is 1. The molecule has 1 aliphatic heterocycles. The number of rotatable bonds is 6. The van der Waals surface area contributed by atoms with Crippen LogP contribution in [0.2, 0.25) is 0 Å². The van der Waals surface area contributed by atoms with Crippen molar-refractivity contribution in [2.24, 2.45) is 7.05 Å². The molecule has 8 heteroatoms. The van der Waals surface area contributed by atoms with Crippen molar-refractivity contribution in [2.45, 2.75) is 25.9 Å². The van der Waals surface area contributed by atoms with Crippen molar-refractivity contribution in [3.05, 3.63) is 59.0 Å². The lowest BCUT2D eigenvalue weighted by Crippen LogP contribution is -2.36. The maximum absolute atomic E-state index is 4.64. The summed E-state index contributed by atoms with van der Waals surface area (Å²) in [6.45, 7) is 10.4. The molecule has 0 aliphatic carbocycles. The molecule has 4 N–H and O–H groups in total. The van der Waals surface area contributed by atoms with Gasteiger partial charge in [-0.25, -0.2) is 0 Å². The third-order valence-corrected chi connectivity index (χ3v) is 7.07. The van der Waals surface area contributed by atoms with Crippen molar-refractivity contribution in [1.82, 2.24) is 30.6 Å². The Balaban J connectivity index is 1.27. The van der Waals surface area contributed by atoms with Gasteiger partial charge in [0.05, 0.1) is 4.88 Å². The molecule has 4 rings (SSSR count). The molecular formula is C26H39N7S. The minimum atomic E-state index is 0.790. The fourth-order valence-electron chi connectivity index (χ4n) is 4.22. The Morgan fingerprint density at radius 3 is 2.38 bits per heavy atom. The normalized spacial score (nSPS) is 17.3. The Kier molecular flexibility index (Phi) is 9.96. The average Bonchev–Trinajstić information content (AvgIpc) is 3.51. The second-order valence-corrected chi connectivity index (χ2v) is 9.87. The largest absolute Gasteiger partial charge is 0.366 e. The Hall–Kier alpha value is -2.23.